The van der Waals surface area contributed by atoms with Gasteiger partial charge in [0, 0.05) is 19.3 Å². The van der Waals surface area contributed by atoms with Crippen molar-refractivity contribution in [2.75, 3.05) is 19.7 Å². The molecule has 2 amide bonds. The third-order valence-corrected chi connectivity index (χ3v) is 3.48. The summed E-state index contributed by atoms with van der Waals surface area (Å²) in [7, 11) is 0. The molecule has 0 bridgehead atoms. The van der Waals surface area contributed by atoms with Crippen LogP contribution in [-0.4, -0.2) is 36.5 Å². The highest BCUT2D eigenvalue weighted by Gasteiger charge is 2.06. The molecule has 0 saturated heterocycles. The highest BCUT2D eigenvalue weighted by atomic mass is 16.5. The number of carbonyl (C=O) groups is 2. The first-order valence-electron chi connectivity index (χ1n) is 7.72. The molecule has 0 unspecified atom stereocenters. The molecule has 1 aromatic heterocycles. The summed E-state index contributed by atoms with van der Waals surface area (Å²) in [5, 5.41) is 5.37. The summed E-state index contributed by atoms with van der Waals surface area (Å²) in [4.78, 5) is 27.4. The van der Waals surface area contributed by atoms with Gasteiger partial charge in [0.1, 0.15) is 11.4 Å². The van der Waals surface area contributed by atoms with Crippen molar-refractivity contribution >= 4 is 11.8 Å². The molecule has 0 aliphatic carbocycles. The van der Waals surface area contributed by atoms with Crippen molar-refractivity contribution in [2.24, 2.45) is 0 Å². The molecule has 6 nitrogen and oxygen atoms in total. The number of nitrogens with one attached hydrogen (secondary N) is 2. The van der Waals surface area contributed by atoms with Crippen LogP contribution in [0.2, 0.25) is 0 Å². The molecule has 0 aliphatic heterocycles. The molecule has 2 rings (SSSR count). The van der Waals surface area contributed by atoms with Gasteiger partial charge >= 0.3 is 0 Å². The number of amides is 2. The summed E-state index contributed by atoms with van der Waals surface area (Å²) in [6, 6.07) is 10.8. The van der Waals surface area contributed by atoms with Gasteiger partial charge in [-0.25, -0.2) is 0 Å². The lowest BCUT2D eigenvalue weighted by Crippen LogP contribution is -2.37. The first kappa shape index (κ1) is 17.5. The van der Waals surface area contributed by atoms with E-state index in [2.05, 4.69) is 15.6 Å². The van der Waals surface area contributed by atoms with E-state index in [1.807, 2.05) is 32.0 Å². The molecule has 1 aromatic carbocycles. The molecule has 0 atom stereocenters. The molecular formula is C18H21N3O3. The summed E-state index contributed by atoms with van der Waals surface area (Å²) in [6.45, 7) is 4.60. The first-order chi connectivity index (χ1) is 11.6. The summed E-state index contributed by atoms with van der Waals surface area (Å²) < 4.78 is 5.44. The normalized spacial score (nSPS) is 10.1. The van der Waals surface area contributed by atoms with Gasteiger partial charge in [-0.3, -0.25) is 14.6 Å². The molecule has 0 spiro atoms. The van der Waals surface area contributed by atoms with Crippen LogP contribution in [0.15, 0.2) is 42.6 Å². The van der Waals surface area contributed by atoms with E-state index in [0.717, 1.165) is 5.56 Å². The van der Waals surface area contributed by atoms with Gasteiger partial charge in [0.25, 0.3) is 11.8 Å². The molecule has 126 valence electrons. The second-order valence-electron chi connectivity index (χ2n) is 5.36. The Balaban J connectivity index is 1.64. The number of carbonyl (C=O) groups excluding carboxylic acids is 2. The summed E-state index contributed by atoms with van der Waals surface area (Å²) in [5.41, 5.74) is 2.64. The van der Waals surface area contributed by atoms with Crippen LogP contribution in [-0.2, 0) is 4.79 Å². The fourth-order valence-electron chi connectivity index (χ4n) is 1.97. The fraction of sp³-hybridized carbons (Fsp3) is 0.278. The second kappa shape index (κ2) is 8.67. The van der Waals surface area contributed by atoms with Crippen molar-refractivity contribution in [1.29, 1.82) is 0 Å². The van der Waals surface area contributed by atoms with Crippen molar-refractivity contribution < 1.29 is 14.3 Å². The highest BCUT2D eigenvalue weighted by molar-refractivity contribution is 5.92. The van der Waals surface area contributed by atoms with Gasteiger partial charge < -0.3 is 15.4 Å². The van der Waals surface area contributed by atoms with Crippen LogP contribution in [0.3, 0.4) is 0 Å². The highest BCUT2D eigenvalue weighted by Crippen LogP contribution is 2.16. The van der Waals surface area contributed by atoms with Crippen LogP contribution >= 0.6 is 0 Å². The van der Waals surface area contributed by atoms with E-state index in [-0.39, 0.29) is 18.4 Å². The van der Waals surface area contributed by atoms with E-state index in [1.165, 1.54) is 5.56 Å². The van der Waals surface area contributed by atoms with E-state index in [4.69, 9.17) is 4.74 Å². The lowest BCUT2D eigenvalue weighted by Gasteiger charge is -2.09. The minimum atomic E-state index is -0.267. The van der Waals surface area contributed by atoms with Crippen LogP contribution in [0.4, 0.5) is 0 Å². The third-order valence-electron chi connectivity index (χ3n) is 3.48. The zero-order valence-corrected chi connectivity index (χ0v) is 13.8. The van der Waals surface area contributed by atoms with Gasteiger partial charge in [0.05, 0.1) is 0 Å². The Kier molecular flexibility index (Phi) is 6.31. The maximum absolute atomic E-state index is 11.7. The Morgan fingerprint density at radius 1 is 1.04 bits per heavy atom. The van der Waals surface area contributed by atoms with E-state index < -0.39 is 0 Å². The number of hydrogen-bond acceptors (Lipinski definition) is 4. The number of ether oxygens (including phenoxy) is 1. The van der Waals surface area contributed by atoms with E-state index in [0.29, 0.717) is 24.5 Å². The van der Waals surface area contributed by atoms with Crippen LogP contribution in [0.25, 0.3) is 0 Å². The summed E-state index contributed by atoms with van der Waals surface area (Å²) in [5.74, 6) is 0.160. The zero-order valence-electron chi connectivity index (χ0n) is 13.8. The molecule has 6 heteroatoms. The smallest absolute Gasteiger partial charge is 0.269 e. The minimum absolute atomic E-state index is 0.0588. The van der Waals surface area contributed by atoms with Crippen LogP contribution < -0.4 is 15.4 Å². The monoisotopic (exact) mass is 327 g/mol. The number of benzene rings is 1. The average molecular weight is 327 g/mol. The van der Waals surface area contributed by atoms with Gasteiger partial charge in [-0.1, -0.05) is 12.1 Å². The van der Waals surface area contributed by atoms with Crippen LogP contribution in [0.1, 0.15) is 21.6 Å². The van der Waals surface area contributed by atoms with Gasteiger partial charge in [-0.05, 0) is 49.2 Å². The van der Waals surface area contributed by atoms with Crippen molar-refractivity contribution in [3.63, 3.8) is 0 Å². The topological polar surface area (TPSA) is 80.3 Å². The second-order valence-corrected chi connectivity index (χ2v) is 5.36. The van der Waals surface area contributed by atoms with E-state index in [9.17, 15) is 9.59 Å². The first-order valence-corrected chi connectivity index (χ1v) is 7.72. The zero-order chi connectivity index (χ0) is 17.4. The number of aryl methyl sites for hydroxylation is 2. The standard InChI is InChI=1S/C18H21N3O3/c1-13-6-7-15(11-14(13)2)24-12-17(22)20-9-10-21-18(23)16-5-3-4-8-19-16/h3-8,11H,9-10,12H2,1-2H3,(H,20,22)(H,21,23). The molecule has 24 heavy (non-hydrogen) atoms. The van der Waals surface area contributed by atoms with Gasteiger partial charge in [-0.2, -0.15) is 0 Å². The predicted octanol–water partition coefficient (Wildman–Crippen LogP) is 1.62. The Morgan fingerprint density at radius 3 is 2.54 bits per heavy atom. The summed E-state index contributed by atoms with van der Waals surface area (Å²) >= 11 is 0. The van der Waals surface area contributed by atoms with Gasteiger partial charge in [-0.15, -0.1) is 0 Å². The van der Waals surface area contributed by atoms with Crippen molar-refractivity contribution in [3.8, 4) is 5.75 Å². The molecule has 1 heterocycles. The van der Waals surface area contributed by atoms with Crippen molar-refractivity contribution in [2.45, 2.75) is 13.8 Å². The molecule has 0 fully saturated rings. The summed E-state index contributed by atoms with van der Waals surface area (Å²) in [6.07, 6.45) is 1.56. The quantitative estimate of drug-likeness (QED) is 0.757. The Hall–Kier alpha value is -2.89. The maximum Gasteiger partial charge on any atom is 0.269 e. The molecule has 2 N–H and O–H groups in total. The molecule has 2 aromatic rings. The van der Waals surface area contributed by atoms with Gasteiger partial charge in [0.15, 0.2) is 6.61 Å². The van der Waals surface area contributed by atoms with Crippen molar-refractivity contribution in [3.05, 3.63) is 59.4 Å². The average Bonchev–Trinajstić information content (AvgIpc) is 2.60. The molecule has 0 saturated carbocycles. The number of aromatic nitrogens is 1. The lowest BCUT2D eigenvalue weighted by atomic mass is 10.1. The number of hydrogen-bond donors (Lipinski definition) is 2. The number of pyridine rings is 1. The SMILES string of the molecule is Cc1ccc(OCC(=O)NCCNC(=O)c2ccccn2)cc1C. The fourth-order valence-corrected chi connectivity index (χ4v) is 1.97. The molecule has 0 aliphatic rings. The minimum Gasteiger partial charge on any atom is -0.484 e. The third kappa shape index (κ3) is 5.39. The van der Waals surface area contributed by atoms with Crippen LogP contribution in [0, 0.1) is 13.8 Å². The van der Waals surface area contributed by atoms with Crippen molar-refractivity contribution in [1.82, 2.24) is 15.6 Å². The lowest BCUT2D eigenvalue weighted by molar-refractivity contribution is -0.123. The van der Waals surface area contributed by atoms with Crippen LogP contribution in [0.5, 0.6) is 5.75 Å². The number of rotatable bonds is 7. The van der Waals surface area contributed by atoms with Gasteiger partial charge in [0.2, 0.25) is 0 Å². The predicted molar refractivity (Wildman–Crippen MR) is 91.0 cm³/mol. The van der Waals surface area contributed by atoms with E-state index in [1.54, 1.807) is 24.4 Å². The largest absolute Gasteiger partial charge is 0.484 e. The Morgan fingerprint density at radius 2 is 1.83 bits per heavy atom. The number of nitrogens with zero attached hydrogens (tertiary/aromatic N) is 1. The maximum atomic E-state index is 11.7. The molecule has 0 radical (unpaired) electrons. The Labute approximate surface area is 141 Å². The molecular weight excluding hydrogens is 306 g/mol. The Bertz CT molecular complexity index is 702. The van der Waals surface area contributed by atoms with E-state index >= 15 is 0 Å².